The van der Waals surface area contributed by atoms with Crippen LogP contribution in [0.5, 0.6) is 5.75 Å². The third-order valence-electron chi connectivity index (χ3n) is 4.28. The van der Waals surface area contributed by atoms with Gasteiger partial charge in [-0.05, 0) is 61.6 Å². The van der Waals surface area contributed by atoms with Crippen molar-refractivity contribution in [3.63, 3.8) is 0 Å². The molecule has 1 amide bonds. The van der Waals surface area contributed by atoms with E-state index >= 15 is 0 Å². The van der Waals surface area contributed by atoms with Crippen molar-refractivity contribution < 1.29 is 9.53 Å². The average molecular weight is 294 g/mol. The molecular weight excluding hydrogens is 276 g/mol. The first-order valence-corrected chi connectivity index (χ1v) is 7.70. The van der Waals surface area contributed by atoms with E-state index in [9.17, 15) is 4.79 Å². The predicted octanol–water partition coefficient (Wildman–Crippen LogP) is 3.58. The zero-order valence-corrected chi connectivity index (χ0v) is 12.5. The van der Waals surface area contributed by atoms with Gasteiger partial charge in [0.05, 0.1) is 11.3 Å². The van der Waals surface area contributed by atoms with Gasteiger partial charge in [0.25, 0.3) is 5.91 Å². The summed E-state index contributed by atoms with van der Waals surface area (Å²) < 4.78 is 5.62. The van der Waals surface area contributed by atoms with Crippen LogP contribution < -0.4 is 15.4 Å². The van der Waals surface area contributed by atoms with Crippen LogP contribution in [0.3, 0.4) is 0 Å². The molecule has 1 unspecified atom stereocenters. The molecule has 4 nitrogen and oxygen atoms in total. The van der Waals surface area contributed by atoms with E-state index in [4.69, 9.17) is 4.74 Å². The number of rotatable bonds is 2. The maximum Gasteiger partial charge on any atom is 0.257 e. The Hall–Kier alpha value is -2.49. The maximum atomic E-state index is 12.6. The lowest BCUT2D eigenvalue weighted by atomic mass is 10.1. The molecular formula is C18H18N2O2. The highest BCUT2D eigenvalue weighted by atomic mass is 16.5. The van der Waals surface area contributed by atoms with Gasteiger partial charge in [-0.15, -0.1) is 0 Å². The minimum atomic E-state index is -0.111. The van der Waals surface area contributed by atoms with E-state index < -0.39 is 0 Å². The molecule has 1 aliphatic carbocycles. The largest absolute Gasteiger partial charge is 0.469 e. The van der Waals surface area contributed by atoms with Gasteiger partial charge in [0.15, 0.2) is 6.23 Å². The van der Waals surface area contributed by atoms with Gasteiger partial charge < -0.3 is 15.4 Å². The smallest absolute Gasteiger partial charge is 0.257 e. The Morgan fingerprint density at radius 3 is 3.00 bits per heavy atom. The van der Waals surface area contributed by atoms with Crippen LogP contribution in [0, 0.1) is 0 Å². The molecule has 0 spiro atoms. The van der Waals surface area contributed by atoms with Crippen LogP contribution in [0.2, 0.25) is 0 Å². The molecule has 1 heterocycles. The van der Waals surface area contributed by atoms with Crippen LogP contribution in [0.25, 0.3) is 0 Å². The second-order valence-corrected chi connectivity index (χ2v) is 5.87. The lowest BCUT2D eigenvalue weighted by molar-refractivity contribution is 0.102. The van der Waals surface area contributed by atoms with Gasteiger partial charge >= 0.3 is 0 Å². The number of ether oxygens (including phenoxy) is 1. The van der Waals surface area contributed by atoms with Crippen molar-refractivity contribution in [2.24, 2.45) is 0 Å². The number of anilines is 2. The number of hydrogen-bond acceptors (Lipinski definition) is 3. The van der Waals surface area contributed by atoms with Gasteiger partial charge in [-0.3, -0.25) is 4.79 Å². The van der Waals surface area contributed by atoms with Crippen molar-refractivity contribution in [3.8, 4) is 5.75 Å². The number of para-hydroxylation sites is 1. The Morgan fingerprint density at radius 2 is 2.09 bits per heavy atom. The molecule has 0 saturated carbocycles. The van der Waals surface area contributed by atoms with Crippen LogP contribution >= 0.6 is 0 Å². The minimum Gasteiger partial charge on any atom is -0.469 e. The summed E-state index contributed by atoms with van der Waals surface area (Å²) in [4.78, 5) is 12.6. The van der Waals surface area contributed by atoms with Crippen molar-refractivity contribution >= 4 is 17.3 Å². The molecule has 2 aliphatic rings. The van der Waals surface area contributed by atoms with Crippen LogP contribution in [0.4, 0.5) is 11.4 Å². The molecule has 22 heavy (non-hydrogen) atoms. The van der Waals surface area contributed by atoms with Gasteiger partial charge in [0.1, 0.15) is 5.75 Å². The molecule has 4 heteroatoms. The summed E-state index contributed by atoms with van der Waals surface area (Å²) in [6, 6.07) is 11.7. The maximum absolute atomic E-state index is 12.6. The summed E-state index contributed by atoms with van der Waals surface area (Å²) in [5, 5.41) is 6.19. The Balaban J connectivity index is 1.60. The van der Waals surface area contributed by atoms with E-state index in [2.05, 4.69) is 22.8 Å². The van der Waals surface area contributed by atoms with Crippen molar-refractivity contribution in [2.45, 2.75) is 32.4 Å². The van der Waals surface area contributed by atoms with Gasteiger partial charge in [-0.1, -0.05) is 12.1 Å². The SMILES string of the molecule is CC1Nc2c(cccc2C(=O)Nc2ccc3c(c2)CCC3)O1. The lowest BCUT2D eigenvalue weighted by Gasteiger charge is -2.10. The standard InChI is InChI=1S/C18H18N2O2/c1-11-19-17-15(6-3-7-16(17)22-11)18(21)20-14-9-8-12-4-2-5-13(12)10-14/h3,6-11,19H,2,4-5H2,1H3,(H,20,21). The van der Waals surface area contributed by atoms with E-state index in [-0.39, 0.29) is 12.1 Å². The van der Waals surface area contributed by atoms with Crippen LogP contribution in [-0.2, 0) is 12.8 Å². The van der Waals surface area contributed by atoms with Gasteiger partial charge in [-0.25, -0.2) is 0 Å². The summed E-state index contributed by atoms with van der Waals surface area (Å²) in [7, 11) is 0. The highest BCUT2D eigenvalue weighted by Gasteiger charge is 2.24. The first-order chi connectivity index (χ1) is 10.7. The summed E-state index contributed by atoms with van der Waals surface area (Å²) in [5.74, 6) is 0.620. The van der Waals surface area contributed by atoms with Gasteiger partial charge in [0.2, 0.25) is 0 Å². The molecule has 0 bridgehead atoms. The number of nitrogens with one attached hydrogen (secondary N) is 2. The first-order valence-electron chi connectivity index (χ1n) is 7.70. The Bertz CT molecular complexity index is 755. The second kappa shape index (κ2) is 5.05. The number of aryl methyl sites for hydroxylation is 2. The van der Waals surface area contributed by atoms with Gasteiger partial charge in [-0.2, -0.15) is 0 Å². The number of amides is 1. The quantitative estimate of drug-likeness (QED) is 0.890. The Kier molecular flexibility index (Phi) is 3.03. The topological polar surface area (TPSA) is 50.4 Å². The van der Waals surface area contributed by atoms with Crippen molar-refractivity contribution in [2.75, 3.05) is 10.6 Å². The van der Waals surface area contributed by atoms with Crippen LogP contribution in [0.1, 0.15) is 34.8 Å². The van der Waals surface area contributed by atoms with Crippen LogP contribution in [0.15, 0.2) is 36.4 Å². The average Bonchev–Trinajstić information content (AvgIpc) is 3.10. The Labute approximate surface area is 129 Å². The van der Waals surface area contributed by atoms with E-state index in [1.165, 1.54) is 17.5 Å². The molecule has 2 aromatic rings. The third-order valence-corrected chi connectivity index (χ3v) is 4.28. The molecule has 1 atom stereocenters. The van der Waals surface area contributed by atoms with E-state index in [0.29, 0.717) is 5.56 Å². The number of carbonyl (C=O) groups is 1. The summed E-state index contributed by atoms with van der Waals surface area (Å²) in [6.07, 6.45) is 3.35. The van der Waals surface area contributed by atoms with E-state index in [1.807, 2.05) is 31.2 Å². The van der Waals surface area contributed by atoms with Crippen LogP contribution in [-0.4, -0.2) is 12.1 Å². The molecule has 112 valence electrons. The fraction of sp³-hybridized carbons (Fsp3) is 0.278. The molecule has 2 aromatic carbocycles. The zero-order valence-electron chi connectivity index (χ0n) is 12.5. The predicted molar refractivity (Wildman–Crippen MR) is 86.6 cm³/mol. The summed E-state index contributed by atoms with van der Waals surface area (Å²) in [5.41, 5.74) is 5.00. The summed E-state index contributed by atoms with van der Waals surface area (Å²) in [6.45, 7) is 1.92. The first kappa shape index (κ1) is 13.2. The van der Waals surface area contributed by atoms with E-state index in [1.54, 1.807) is 0 Å². The molecule has 4 rings (SSSR count). The second-order valence-electron chi connectivity index (χ2n) is 5.87. The molecule has 1 aliphatic heterocycles. The minimum absolute atomic E-state index is 0.107. The highest BCUT2D eigenvalue weighted by Crippen LogP contribution is 2.35. The normalized spacial score (nSPS) is 18.1. The molecule has 0 fully saturated rings. The number of carbonyl (C=O) groups excluding carboxylic acids is 1. The number of fused-ring (bicyclic) bond motifs is 2. The highest BCUT2D eigenvalue weighted by molar-refractivity contribution is 6.09. The summed E-state index contributed by atoms with van der Waals surface area (Å²) >= 11 is 0. The third kappa shape index (κ3) is 2.21. The molecule has 0 saturated heterocycles. The fourth-order valence-electron chi connectivity index (χ4n) is 3.24. The van der Waals surface area contributed by atoms with Crippen molar-refractivity contribution in [1.29, 1.82) is 0 Å². The monoisotopic (exact) mass is 294 g/mol. The zero-order chi connectivity index (χ0) is 15.1. The van der Waals surface area contributed by atoms with Crippen molar-refractivity contribution in [3.05, 3.63) is 53.1 Å². The van der Waals surface area contributed by atoms with E-state index in [0.717, 1.165) is 30.0 Å². The molecule has 0 aromatic heterocycles. The van der Waals surface area contributed by atoms with Gasteiger partial charge in [0, 0.05) is 5.69 Å². The van der Waals surface area contributed by atoms with Crippen molar-refractivity contribution in [1.82, 2.24) is 0 Å². The lowest BCUT2D eigenvalue weighted by Crippen LogP contribution is -2.17. The fourth-order valence-corrected chi connectivity index (χ4v) is 3.24. The molecule has 2 N–H and O–H groups in total. The number of hydrogen-bond donors (Lipinski definition) is 2. The Morgan fingerprint density at radius 1 is 1.23 bits per heavy atom. The molecule has 0 radical (unpaired) electrons. The number of benzene rings is 2.